The number of nitrogens with two attached hydrogens (primary N) is 1. The van der Waals surface area contributed by atoms with E-state index < -0.39 is 5.91 Å². The molecule has 0 atom stereocenters. The Hall–Kier alpha value is -1.46. The fourth-order valence-corrected chi connectivity index (χ4v) is 0.637. The Morgan fingerprint density at radius 2 is 2.45 bits per heavy atom. The largest absolute Gasteiger partial charge is 0.363 e. The molecular formula is C5H9N5O. The predicted octanol–water partition coefficient (Wildman–Crippen LogP) is -0.818. The fourth-order valence-electron chi connectivity index (χ4n) is 0.637. The minimum absolute atomic E-state index is 0.0292. The molecule has 0 aliphatic heterocycles. The minimum atomic E-state index is -0.646. The highest BCUT2D eigenvalue weighted by atomic mass is 16.1. The van der Waals surface area contributed by atoms with Gasteiger partial charge in [0.2, 0.25) is 0 Å². The molecule has 0 radical (unpaired) electrons. The van der Waals surface area contributed by atoms with Crippen molar-refractivity contribution in [2.45, 2.75) is 19.9 Å². The Bertz CT molecular complexity index is 255. The number of nitrogens with zero attached hydrogens (tertiary/aromatic N) is 4. The number of rotatable bonds is 3. The number of carbonyl (C=O) groups is 1. The van der Waals surface area contributed by atoms with E-state index >= 15 is 0 Å². The molecule has 0 spiro atoms. The lowest BCUT2D eigenvalue weighted by Gasteiger charge is -1.89. The van der Waals surface area contributed by atoms with Crippen molar-refractivity contribution in [2.24, 2.45) is 5.73 Å². The van der Waals surface area contributed by atoms with Gasteiger partial charge in [-0.3, -0.25) is 4.79 Å². The third-order valence-electron chi connectivity index (χ3n) is 1.10. The zero-order chi connectivity index (χ0) is 8.27. The molecule has 0 fully saturated rings. The molecule has 6 nitrogen and oxygen atoms in total. The second-order valence-corrected chi connectivity index (χ2v) is 2.07. The normalized spacial score (nSPS) is 9.91. The molecule has 0 unspecified atom stereocenters. The molecule has 0 bridgehead atoms. The van der Waals surface area contributed by atoms with Gasteiger partial charge in [0, 0.05) is 0 Å². The highest BCUT2D eigenvalue weighted by molar-refractivity contribution is 5.88. The Morgan fingerprint density at radius 3 is 2.91 bits per heavy atom. The van der Waals surface area contributed by atoms with Gasteiger partial charge >= 0.3 is 0 Å². The molecule has 0 aliphatic rings. The van der Waals surface area contributed by atoms with Gasteiger partial charge in [0.05, 0.1) is 6.54 Å². The van der Waals surface area contributed by atoms with Gasteiger partial charge in [-0.25, -0.2) is 0 Å². The van der Waals surface area contributed by atoms with Gasteiger partial charge in [-0.1, -0.05) is 6.92 Å². The standard InChI is InChI=1S/C5H9N5O/c1-2-3-10-8-5(4(6)11)7-9-10/h2-3H2,1H3,(H2,6,11). The quantitative estimate of drug-likeness (QED) is 0.617. The van der Waals surface area contributed by atoms with Crippen LogP contribution in [0.3, 0.4) is 0 Å². The number of carbonyl (C=O) groups excluding carboxylic acids is 1. The summed E-state index contributed by atoms with van der Waals surface area (Å²) < 4.78 is 0. The van der Waals surface area contributed by atoms with Crippen LogP contribution in [0.5, 0.6) is 0 Å². The molecule has 2 N–H and O–H groups in total. The maximum Gasteiger partial charge on any atom is 0.290 e. The first kappa shape index (κ1) is 7.64. The van der Waals surface area contributed by atoms with Crippen molar-refractivity contribution in [1.29, 1.82) is 0 Å². The first-order chi connectivity index (χ1) is 5.24. The van der Waals surface area contributed by atoms with E-state index in [1.807, 2.05) is 6.92 Å². The van der Waals surface area contributed by atoms with Crippen LogP contribution in [0.25, 0.3) is 0 Å². The number of tetrazole rings is 1. The topological polar surface area (TPSA) is 86.7 Å². The average molecular weight is 155 g/mol. The molecule has 1 aromatic rings. The molecule has 11 heavy (non-hydrogen) atoms. The van der Waals surface area contributed by atoms with Crippen LogP contribution in [0.15, 0.2) is 0 Å². The van der Waals surface area contributed by atoms with Crippen LogP contribution in [-0.2, 0) is 6.54 Å². The summed E-state index contributed by atoms with van der Waals surface area (Å²) in [5, 5.41) is 10.8. The monoisotopic (exact) mass is 155 g/mol. The van der Waals surface area contributed by atoms with Crippen molar-refractivity contribution in [1.82, 2.24) is 20.2 Å². The molecule has 0 saturated heterocycles. The zero-order valence-electron chi connectivity index (χ0n) is 6.19. The Kier molecular flexibility index (Phi) is 2.15. The molecule has 0 aliphatic carbocycles. The summed E-state index contributed by atoms with van der Waals surface area (Å²) in [5.74, 6) is -0.675. The molecule has 1 rings (SSSR count). The van der Waals surface area contributed by atoms with E-state index in [1.165, 1.54) is 4.80 Å². The van der Waals surface area contributed by atoms with E-state index in [0.717, 1.165) is 6.42 Å². The van der Waals surface area contributed by atoms with Crippen LogP contribution in [0.1, 0.15) is 24.0 Å². The molecule has 1 heterocycles. The van der Waals surface area contributed by atoms with Crippen molar-refractivity contribution in [3.8, 4) is 0 Å². The highest BCUT2D eigenvalue weighted by Crippen LogP contribution is 1.86. The molecule has 0 saturated carbocycles. The first-order valence-electron chi connectivity index (χ1n) is 3.31. The zero-order valence-corrected chi connectivity index (χ0v) is 6.19. The number of aryl methyl sites for hydroxylation is 1. The maximum atomic E-state index is 10.5. The Morgan fingerprint density at radius 1 is 1.73 bits per heavy atom. The van der Waals surface area contributed by atoms with E-state index in [-0.39, 0.29) is 5.82 Å². The first-order valence-corrected chi connectivity index (χ1v) is 3.31. The number of aromatic nitrogens is 4. The minimum Gasteiger partial charge on any atom is -0.363 e. The van der Waals surface area contributed by atoms with Gasteiger partial charge in [0.25, 0.3) is 11.7 Å². The van der Waals surface area contributed by atoms with Crippen molar-refractivity contribution >= 4 is 5.91 Å². The molecule has 1 aromatic heterocycles. The van der Waals surface area contributed by atoms with Crippen LogP contribution >= 0.6 is 0 Å². The van der Waals surface area contributed by atoms with E-state index in [1.54, 1.807) is 0 Å². The SMILES string of the molecule is CCCn1nnc(C(N)=O)n1. The lowest BCUT2D eigenvalue weighted by atomic mass is 10.5. The third kappa shape index (κ3) is 1.73. The average Bonchev–Trinajstić information content (AvgIpc) is 2.37. The molecule has 60 valence electrons. The summed E-state index contributed by atoms with van der Waals surface area (Å²) in [6.07, 6.45) is 0.897. The van der Waals surface area contributed by atoms with Crippen LogP contribution in [0.2, 0.25) is 0 Å². The van der Waals surface area contributed by atoms with E-state index in [4.69, 9.17) is 5.73 Å². The smallest absolute Gasteiger partial charge is 0.290 e. The van der Waals surface area contributed by atoms with Crippen molar-refractivity contribution in [3.05, 3.63) is 5.82 Å². The number of primary amides is 1. The molecular weight excluding hydrogens is 146 g/mol. The second kappa shape index (κ2) is 3.09. The van der Waals surface area contributed by atoms with E-state index in [2.05, 4.69) is 15.4 Å². The molecule has 1 amide bonds. The third-order valence-corrected chi connectivity index (χ3v) is 1.10. The van der Waals surface area contributed by atoms with E-state index in [9.17, 15) is 4.79 Å². The van der Waals surface area contributed by atoms with Crippen molar-refractivity contribution < 1.29 is 4.79 Å². The van der Waals surface area contributed by atoms with Crippen LogP contribution < -0.4 is 5.73 Å². The van der Waals surface area contributed by atoms with Crippen molar-refractivity contribution in [2.75, 3.05) is 0 Å². The number of hydrogen-bond acceptors (Lipinski definition) is 4. The summed E-state index contributed by atoms with van der Waals surface area (Å²) in [5.41, 5.74) is 4.91. The molecule has 0 aromatic carbocycles. The summed E-state index contributed by atoms with van der Waals surface area (Å²) in [6, 6.07) is 0. The number of amides is 1. The van der Waals surface area contributed by atoms with Gasteiger partial charge in [-0.15, -0.1) is 10.2 Å². The van der Waals surface area contributed by atoms with Gasteiger partial charge in [0.15, 0.2) is 0 Å². The van der Waals surface area contributed by atoms with E-state index in [0.29, 0.717) is 6.54 Å². The van der Waals surface area contributed by atoms with Gasteiger partial charge in [-0.05, 0) is 11.6 Å². The van der Waals surface area contributed by atoms with Gasteiger partial charge < -0.3 is 5.73 Å². The number of hydrogen-bond donors (Lipinski definition) is 1. The van der Waals surface area contributed by atoms with Crippen molar-refractivity contribution in [3.63, 3.8) is 0 Å². The Labute approximate surface area is 63.4 Å². The fraction of sp³-hybridized carbons (Fsp3) is 0.600. The van der Waals surface area contributed by atoms with Crippen LogP contribution in [-0.4, -0.2) is 26.1 Å². The van der Waals surface area contributed by atoms with Crippen LogP contribution in [0, 0.1) is 0 Å². The van der Waals surface area contributed by atoms with Gasteiger partial charge in [0.1, 0.15) is 0 Å². The Balaban J connectivity index is 2.73. The summed E-state index contributed by atoms with van der Waals surface area (Å²) in [7, 11) is 0. The summed E-state index contributed by atoms with van der Waals surface area (Å²) in [4.78, 5) is 11.8. The lowest BCUT2D eigenvalue weighted by Crippen LogP contribution is -2.13. The second-order valence-electron chi connectivity index (χ2n) is 2.07. The summed E-state index contributed by atoms with van der Waals surface area (Å²) >= 11 is 0. The molecule has 6 heteroatoms. The van der Waals surface area contributed by atoms with Crippen LogP contribution in [0.4, 0.5) is 0 Å². The highest BCUT2D eigenvalue weighted by Gasteiger charge is 2.06. The maximum absolute atomic E-state index is 10.5. The van der Waals surface area contributed by atoms with Gasteiger partial charge in [-0.2, -0.15) is 4.80 Å². The lowest BCUT2D eigenvalue weighted by molar-refractivity contribution is 0.0990. The summed E-state index contributed by atoms with van der Waals surface area (Å²) in [6.45, 7) is 2.63. The predicted molar refractivity (Wildman–Crippen MR) is 36.6 cm³/mol.